The van der Waals surface area contributed by atoms with E-state index in [0.717, 1.165) is 31.1 Å². The SMILES string of the molecule is COc1ccc([C@H]2[NH2+]C[C@@]3(C)C[NH+]2C[C@H](C)[C@H]3O)cc1OC. The first-order valence-electron chi connectivity index (χ1n) is 8.06. The molecule has 2 aliphatic heterocycles. The quantitative estimate of drug-likeness (QED) is 0.684. The molecule has 0 saturated carbocycles. The molecule has 1 aromatic rings. The summed E-state index contributed by atoms with van der Waals surface area (Å²) in [4.78, 5) is 1.54. The summed E-state index contributed by atoms with van der Waals surface area (Å²) in [5.41, 5.74) is 1.28. The summed E-state index contributed by atoms with van der Waals surface area (Å²) < 4.78 is 10.8. The Bertz CT molecular complexity index is 551. The van der Waals surface area contributed by atoms with E-state index in [1.54, 1.807) is 19.1 Å². The van der Waals surface area contributed by atoms with Crippen LogP contribution in [0.25, 0.3) is 0 Å². The standard InChI is InChI=1S/C17H26N2O3/c1-11-8-19-10-17(2,15(11)20)9-18-16(19)12-5-6-13(21-3)14(7-12)22-4/h5-7,11,15-16,18,20H,8-10H2,1-4H3/p+2/t11-,15+,16-,17-/m0/s1. The van der Waals surface area contributed by atoms with Crippen molar-refractivity contribution in [2.45, 2.75) is 26.1 Å². The maximum atomic E-state index is 10.5. The smallest absolute Gasteiger partial charge is 0.238 e. The molecule has 5 heteroatoms. The van der Waals surface area contributed by atoms with Crippen LogP contribution in [0.3, 0.4) is 0 Å². The van der Waals surface area contributed by atoms with E-state index < -0.39 is 0 Å². The maximum Gasteiger partial charge on any atom is 0.238 e. The highest BCUT2D eigenvalue weighted by molar-refractivity contribution is 5.43. The summed E-state index contributed by atoms with van der Waals surface area (Å²) in [7, 11) is 3.34. The van der Waals surface area contributed by atoms with E-state index in [-0.39, 0.29) is 11.5 Å². The third kappa shape index (κ3) is 2.47. The number of nitrogens with two attached hydrogens (primary N) is 1. The van der Waals surface area contributed by atoms with Crippen molar-refractivity contribution < 1.29 is 24.8 Å². The Morgan fingerprint density at radius 2 is 2.00 bits per heavy atom. The first kappa shape index (κ1) is 15.6. The number of piperidine rings is 1. The van der Waals surface area contributed by atoms with Gasteiger partial charge in [-0.05, 0) is 25.1 Å². The van der Waals surface area contributed by atoms with E-state index in [0.29, 0.717) is 12.1 Å². The van der Waals surface area contributed by atoms with Gasteiger partial charge in [-0.2, -0.15) is 0 Å². The van der Waals surface area contributed by atoms with E-state index in [2.05, 4.69) is 31.3 Å². The number of rotatable bonds is 3. The Labute approximate surface area is 132 Å². The average molecular weight is 308 g/mol. The minimum Gasteiger partial charge on any atom is -0.493 e. The average Bonchev–Trinajstić information content (AvgIpc) is 2.52. The highest BCUT2D eigenvalue weighted by Crippen LogP contribution is 2.31. The van der Waals surface area contributed by atoms with Gasteiger partial charge in [-0.15, -0.1) is 0 Å². The minimum absolute atomic E-state index is 0.0139. The minimum atomic E-state index is -0.196. The predicted octanol–water partition coefficient (Wildman–Crippen LogP) is -0.819. The molecule has 0 aliphatic carbocycles. The van der Waals surface area contributed by atoms with Crippen LogP contribution in [0.4, 0.5) is 0 Å². The van der Waals surface area contributed by atoms with Crippen molar-refractivity contribution in [3.8, 4) is 11.5 Å². The van der Waals surface area contributed by atoms with E-state index in [9.17, 15) is 5.11 Å². The number of quaternary nitrogens is 2. The van der Waals surface area contributed by atoms with Crippen LogP contribution in [0.15, 0.2) is 18.2 Å². The van der Waals surface area contributed by atoms with Crippen molar-refractivity contribution in [1.29, 1.82) is 0 Å². The van der Waals surface area contributed by atoms with Crippen molar-refractivity contribution in [2.75, 3.05) is 33.9 Å². The van der Waals surface area contributed by atoms with Gasteiger partial charge in [-0.3, -0.25) is 10.2 Å². The highest BCUT2D eigenvalue weighted by Gasteiger charge is 2.53. The molecule has 122 valence electrons. The van der Waals surface area contributed by atoms with Crippen molar-refractivity contribution in [1.82, 2.24) is 0 Å². The van der Waals surface area contributed by atoms with E-state index in [1.165, 1.54) is 5.56 Å². The number of nitrogens with one attached hydrogen (secondary N) is 1. The zero-order valence-corrected chi connectivity index (χ0v) is 13.9. The monoisotopic (exact) mass is 308 g/mol. The van der Waals surface area contributed by atoms with Gasteiger partial charge in [0.05, 0.1) is 50.9 Å². The maximum absolute atomic E-state index is 10.5. The fraction of sp³-hybridized carbons (Fsp3) is 0.647. The second-order valence-electron chi connectivity index (χ2n) is 7.15. The highest BCUT2D eigenvalue weighted by atomic mass is 16.5. The zero-order valence-electron chi connectivity index (χ0n) is 13.9. The van der Waals surface area contributed by atoms with Crippen LogP contribution in [-0.2, 0) is 0 Å². The molecule has 2 heterocycles. The third-order valence-corrected chi connectivity index (χ3v) is 5.49. The van der Waals surface area contributed by atoms with Gasteiger partial charge < -0.3 is 14.6 Å². The molecule has 2 aliphatic rings. The van der Waals surface area contributed by atoms with E-state index >= 15 is 0 Å². The lowest BCUT2D eigenvalue weighted by molar-refractivity contribution is -1.08. The van der Waals surface area contributed by atoms with Gasteiger partial charge in [0, 0.05) is 5.92 Å². The van der Waals surface area contributed by atoms with Crippen LogP contribution in [0.1, 0.15) is 25.6 Å². The summed E-state index contributed by atoms with van der Waals surface area (Å²) in [6, 6.07) is 6.21. The molecule has 0 spiro atoms. The van der Waals surface area contributed by atoms with Crippen LogP contribution in [0.5, 0.6) is 11.5 Å². The lowest BCUT2D eigenvalue weighted by Gasteiger charge is -2.49. The summed E-state index contributed by atoms with van der Waals surface area (Å²) in [5, 5.41) is 12.9. The van der Waals surface area contributed by atoms with Gasteiger partial charge in [0.25, 0.3) is 0 Å². The molecule has 0 radical (unpaired) electrons. The lowest BCUT2D eigenvalue weighted by Crippen LogP contribution is -3.28. The van der Waals surface area contributed by atoms with Gasteiger partial charge in [-0.25, -0.2) is 0 Å². The molecule has 1 unspecified atom stereocenters. The molecule has 2 saturated heterocycles. The molecule has 0 aromatic heterocycles. The number of methoxy groups -OCH3 is 2. The van der Waals surface area contributed by atoms with Crippen molar-refractivity contribution in [2.24, 2.45) is 11.3 Å². The molecule has 1 aromatic carbocycles. The first-order valence-corrected chi connectivity index (χ1v) is 8.06. The predicted molar refractivity (Wildman–Crippen MR) is 83.1 cm³/mol. The molecule has 2 fully saturated rings. The number of hydrogen-bond acceptors (Lipinski definition) is 3. The third-order valence-electron chi connectivity index (χ3n) is 5.49. The second-order valence-corrected chi connectivity index (χ2v) is 7.15. The number of aliphatic hydroxyl groups is 1. The van der Waals surface area contributed by atoms with Crippen LogP contribution in [0, 0.1) is 11.3 Å². The normalized spacial score (nSPS) is 37.7. The Morgan fingerprint density at radius 1 is 1.27 bits per heavy atom. The fourth-order valence-corrected chi connectivity index (χ4v) is 4.31. The lowest BCUT2D eigenvalue weighted by atomic mass is 9.72. The Balaban J connectivity index is 1.87. The number of hydrogen-bond donors (Lipinski definition) is 3. The number of aliphatic hydroxyl groups excluding tert-OH is 1. The Hall–Kier alpha value is -1.30. The molecule has 3 rings (SSSR count). The van der Waals surface area contributed by atoms with Gasteiger partial charge in [-0.1, -0.05) is 6.92 Å². The van der Waals surface area contributed by atoms with E-state index in [4.69, 9.17) is 9.47 Å². The molecular weight excluding hydrogens is 280 g/mol. The molecule has 5 nitrogen and oxygen atoms in total. The summed E-state index contributed by atoms with van der Waals surface area (Å²) in [6.45, 7) is 7.37. The molecule has 22 heavy (non-hydrogen) atoms. The number of ether oxygens (including phenoxy) is 2. The van der Waals surface area contributed by atoms with Gasteiger partial charge in [0.2, 0.25) is 6.17 Å². The van der Waals surface area contributed by atoms with Crippen LogP contribution >= 0.6 is 0 Å². The van der Waals surface area contributed by atoms with Gasteiger partial charge in [0.15, 0.2) is 11.5 Å². The van der Waals surface area contributed by atoms with Gasteiger partial charge >= 0.3 is 0 Å². The number of fused-ring (bicyclic) bond motifs is 2. The Morgan fingerprint density at radius 3 is 2.68 bits per heavy atom. The van der Waals surface area contributed by atoms with Crippen LogP contribution in [0.2, 0.25) is 0 Å². The summed E-state index contributed by atoms with van der Waals surface area (Å²) in [6.07, 6.45) is 0.168. The molecule has 0 amide bonds. The topological polar surface area (TPSA) is 59.7 Å². The summed E-state index contributed by atoms with van der Waals surface area (Å²) >= 11 is 0. The number of benzene rings is 1. The molecular formula is C17H28N2O3+2. The molecule has 5 atom stereocenters. The van der Waals surface area contributed by atoms with Crippen LogP contribution < -0.4 is 19.7 Å². The van der Waals surface area contributed by atoms with Crippen molar-refractivity contribution >= 4 is 0 Å². The van der Waals surface area contributed by atoms with Crippen molar-refractivity contribution in [3.05, 3.63) is 23.8 Å². The van der Waals surface area contributed by atoms with Crippen LogP contribution in [-0.4, -0.2) is 45.1 Å². The molecule has 2 bridgehead atoms. The van der Waals surface area contributed by atoms with Gasteiger partial charge in [0.1, 0.15) is 0 Å². The summed E-state index contributed by atoms with van der Waals surface area (Å²) in [5.74, 6) is 1.89. The first-order chi connectivity index (χ1) is 10.5. The fourth-order valence-electron chi connectivity index (χ4n) is 4.31. The Kier molecular flexibility index (Phi) is 4.05. The second kappa shape index (κ2) is 5.72. The zero-order chi connectivity index (χ0) is 15.9. The van der Waals surface area contributed by atoms with Crippen molar-refractivity contribution in [3.63, 3.8) is 0 Å². The van der Waals surface area contributed by atoms with E-state index in [1.807, 2.05) is 6.07 Å². The largest absolute Gasteiger partial charge is 0.493 e. The molecule has 4 N–H and O–H groups in total.